The van der Waals surface area contributed by atoms with E-state index in [4.69, 9.17) is 5.11 Å². The molecule has 1 rings (SSSR count). The first-order chi connectivity index (χ1) is 5.86. The standard InChI is InChI=1S/C9H20N2O/c1-10-9(4-7-12)8-11-5-2-3-6-11/h9-10,12H,2-8H2,1H3/t9-/m0/s1. The summed E-state index contributed by atoms with van der Waals surface area (Å²) in [4.78, 5) is 2.47. The number of aliphatic hydroxyl groups excluding tert-OH is 1. The van der Waals surface area contributed by atoms with Crippen molar-refractivity contribution >= 4 is 0 Å². The second-order valence-electron chi connectivity index (χ2n) is 3.51. The fourth-order valence-corrected chi connectivity index (χ4v) is 1.76. The van der Waals surface area contributed by atoms with Gasteiger partial charge in [0.15, 0.2) is 0 Å². The molecule has 0 unspecified atom stereocenters. The van der Waals surface area contributed by atoms with Crippen LogP contribution in [0.15, 0.2) is 0 Å². The number of hydrogen-bond acceptors (Lipinski definition) is 3. The van der Waals surface area contributed by atoms with Crippen LogP contribution in [-0.4, -0.2) is 49.3 Å². The molecule has 0 bridgehead atoms. The number of rotatable bonds is 5. The monoisotopic (exact) mass is 172 g/mol. The first-order valence-electron chi connectivity index (χ1n) is 4.87. The second kappa shape index (κ2) is 5.51. The zero-order valence-electron chi connectivity index (χ0n) is 7.92. The van der Waals surface area contributed by atoms with Crippen LogP contribution in [0.1, 0.15) is 19.3 Å². The predicted molar refractivity (Wildman–Crippen MR) is 50.2 cm³/mol. The van der Waals surface area contributed by atoms with Crippen LogP contribution in [-0.2, 0) is 0 Å². The highest BCUT2D eigenvalue weighted by Crippen LogP contribution is 2.08. The van der Waals surface area contributed by atoms with Crippen LogP contribution in [0, 0.1) is 0 Å². The highest BCUT2D eigenvalue weighted by Gasteiger charge is 2.15. The number of likely N-dealkylation sites (tertiary alicyclic amines) is 1. The lowest BCUT2D eigenvalue weighted by molar-refractivity contribution is 0.234. The normalized spacial score (nSPS) is 21.5. The van der Waals surface area contributed by atoms with E-state index in [0.717, 1.165) is 13.0 Å². The largest absolute Gasteiger partial charge is 0.396 e. The highest BCUT2D eigenvalue weighted by atomic mass is 16.3. The smallest absolute Gasteiger partial charge is 0.0446 e. The van der Waals surface area contributed by atoms with E-state index < -0.39 is 0 Å². The van der Waals surface area contributed by atoms with Gasteiger partial charge >= 0.3 is 0 Å². The molecule has 72 valence electrons. The quantitative estimate of drug-likeness (QED) is 0.615. The van der Waals surface area contributed by atoms with Gasteiger partial charge in [-0.3, -0.25) is 0 Å². The number of nitrogens with one attached hydrogen (secondary N) is 1. The van der Waals surface area contributed by atoms with Gasteiger partial charge in [-0.25, -0.2) is 0 Å². The topological polar surface area (TPSA) is 35.5 Å². The van der Waals surface area contributed by atoms with E-state index in [2.05, 4.69) is 10.2 Å². The van der Waals surface area contributed by atoms with Crippen molar-refractivity contribution in [2.24, 2.45) is 0 Å². The van der Waals surface area contributed by atoms with Crippen molar-refractivity contribution in [2.45, 2.75) is 25.3 Å². The summed E-state index contributed by atoms with van der Waals surface area (Å²) >= 11 is 0. The average molecular weight is 172 g/mol. The van der Waals surface area contributed by atoms with Crippen molar-refractivity contribution in [3.8, 4) is 0 Å². The van der Waals surface area contributed by atoms with Gasteiger partial charge in [-0.1, -0.05) is 0 Å². The van der Waals surface area contributed by atoms with Crippen molar-refractivity contribution in [3.05, 3.63) is 0 Å². The van der Waals surface area contributed by atoms with Gasteiger partial charge in [0.25, 0.3) is 0 Å². The number of nitrogens with zero attached hydrogens (tertiary/aromatic N) is 1. The third-order valence-electron chi connectivity index (χ3n) is 2.56. The minimum absolute atomic E-state index is 0.291. The summed E-state index contributed by atoms with van der Waals surface area (Å²) in [6.45, 7) is 3.86. The molecule has 1 fully saturated rings. The predicted octanol–water partition coefficient (Wildman–Crippen LogP) is 0.0526. The molecule has 2 N–H and O–H groups in total. The van der Waals surface area contributed by atoms with Crippen molar-refractivity contribution in [1.82, 2.24) is 10.2 Å². The van der Waals surface area contributed by atoms with Gasteiger partial charge in [0.1, 0.15) is 0 Å². The molecule has 0 amide bonds. The lowest BCUT2D eigenvalue weighted by atomic mass is 10.2. The Morgan fingerprint density at radius 1 is 1.42 bits per heavy atom. The summed E-state index contributed by atoms with van der Waals surface area (Å²) < 4.78 is 0. The Bertz CT molecular complexity index is 113. The molecule has 0 aromatic heterocycles. The Kier molecular flexibility index (Phi) is 4.58. The van der Waals surface area contributed by atoms with E-state index >= 15 is 0 Å². The Morgan fingerprint density at radius 2 is 2.08 bits per heavy atom. The van der Waals surface area contributed by atoms with Gasteiger partial charge in [-0.15, -0.1) is 0 Å². The van der Waals surface area contributed by atoms with Gasteiger partial charge in [0.2, 0.25) is 0 Å². The Balaban J connectivity index is 2.16. The molecule has 0 spiro atoms. The van der Waals surface area contributed by atoms with Crippen LogP contribution in [0.3, 0.4) is 0 Å². The molecule has 12 heavy (non-hydrogen) atoms. The minimum Gasteiger partial charge on any atom is -0.396 e. The van der Waals surface area contributed by atoms with Gasteiger partial charge in [0, 0.05) is 19.2 Å². The molecular weight excluding hydrogens is 152 g/mol. The molecular formula is C9H20N2O. The Hall–Kier alpha value is -0.120. The first-order valence-corrected chi connectivity index (χ1v) is 4.87. The fraction of sp³-hybridized carbons (Fsp3) is 1.00. The maximum absolute atomic E-state index is 8.78. The zero-order chi connectivity index (χ0) is 8.81. The third-order valence-corrected chi connectivity index (χ3v) is 2.56. The summed E-state index contributed by atoms with van der Waals surface area (Å²) in [5.74, 6) is 0. The van der Waals surface area contributed by atoms with Crippen LogP contribution in [0.2, 0.25) is 0 Å². The molecule has 1 heterocycles. The highest BCUT2D eigenvalue weighted by molar-refractivity contribution is 4.73. The maximum atomic E-state index is 8.78. The lowest BCUT2D eigenvalue weighted by Gasteiger charge is -2.22. The zero-order valence-corrected chi connectivity index (χ0v) is 7.92. The van der Waals surface area contributed by atoms with Gasteiger partial charge in [-0.05, 0) is 39.4 Å². The van der Waals surface area contributed by atoms with Gasteiger partial charge < -0.3 is 15.3 Å². The van der Waals surface area contributed by atoms with E-state index in [1.54, 1.807) is 0 Å². The molecule has 1 atom stereocenters. The van der Waals surface area contributed by atoms with E-state index in [1.165, 1.54) is 25.9 Å². The molecule has 1 saturated heterocycles. The average Bonchev–Trinajstić information content (AvgIpc) is 2.56. The van der Waals surface area contributed by atoms with Crippen molar-refractivity contribution < 1.29 is 5.11 Å². The van der Waals surface area contributed by atoms with Crippen molar-refractivity contribution in [3.63, 3.8) is 0 Å². The summed E-state index contributed by atoms with van der Waals surface area (Å²) in [6.07, 6.45) is 3.55. The molecule has 0 radical (unpaired) electrons. The van der Waals surface area contributed by atoms with Gasteiger partial charge in [0.05, 0.1) is 0 Å². The number of aliphatic hydroxyl groups is 1. The van der Waals surface area contributed by atoms with Crippen LogP contribution in [0.25, 0.3) is 0 Å². The molecule has 3 heteroatoms. The second-order valence-corrected chi connectivity index (χ2v) is 3.51. The first kappa shape index (κ1) is 9.96. The van der Waals surface area contributed by atoms with E-state index in [9.17, 15) is 0 Å². The maximum Gasteiger partial charge on any atom is 0.0446 e. The van der Waals surface area contributed by atoms with Crippen molar-refractivity contribution in [1.29, 1.82) is 0 Å². The van der Waals surface area contributed by atoms with Gasteiger partial charge in [-0.2, -0.15) is 0 Å². The fourth-order valence-electron chi connectivity index (χ4n) is 1.76. The number of hydrogen-bond donors (Lipinski definition) is 2. The summed E-state index contributed by atoms with van der Waals surface area (Å²) in [5.41, 5.74) is 0. The van der Waals surface area contributed by atoms with E-state index in [-0.39, 0.29) is 0 Å². The van der Waals surface area contributed by atoms with Crippen LogP contribution in [0.5, 0.6) is 0 Å². The molecule has 0 aliphatic carbocycles. The van der Waals surface area contributed by atoms with Crippen molar-refractivity contribution in [2.75, 3.05) is 33.3 Å². The van der Waals surface area contributed by atoms with Crippen LogP contribution >= 0.6 is 0 Å². The van der Waals surface area contributed by atoms with Crippen LogP contribution in [0.4, 0.5) is 0 Å². The SMILES string of the molecule is CN[C@@H](CCO)CN1CCCC1. The molecule has 3 nitrogen and oxygen atoms in total. The lowest BCUT2D eigenvalue weighted by Crippen LogP contribution is -2.38. The Morgan fingerprint density at radius 3 is 2.58 bits per heavy atom. The molecule has 0 saturated carbocycles. The summed E-state index contributed by atoms with van der Waals surface area (Å²) in [7, 11) is 1.97. The number of likely N-dealkylation sites (N-methyl/N-ethyl adjacent to an activating group) is 1. The minimum atomic E-state index is 0.291. The summed E-state index contributed by atoms with van der Waals surface area (Å²) in [5, 5.41) is 12.0. The summed E-state index contributed by atoms with van der Waals surface area (Å²) in [6, 6.07) is 0.466. The molecule has 1 aliphatic rings. The third kappa shape index (κ3) is 3.09. The Labute approximate surface area is 74.8 Å². The van der Waals surface area contributed by atoms with Crippen LogP contribution < -0.4 is 5.32 Å². The molecule has 1 aliphatic heterocycles. The van der Waals surface area contributed by atoms with E-state index in [0.29, 0.717) is 12.6 Å². The van der Waals surface area contributed by atoms with E-state index in [1.807, 2.05) is 7.05 Å². The molecule has 0 aromatic rings. The molecule has 0 aromatic carbocycles.